The first kappa shape index (κ1) is 16.6. The molecule has 128 valence electrons. The van der Waals surface area contributed by atoms with Crippen molar-refractivity contribution in [3.8, 4) is 11.3 Å². The van der Waals surface area contributed by atoms with Crippen LogP contribution in [0.5, 0.6) is 0 Å². The van der Waals surface area contributed by atoms with Gasteiger partial charge in [0.1, 0.15) is 5.82 Å². The number of benzene rings is 1. The SMILES string of the molecule is Cn1nc(-c2cccnc2)cc1CNC(=O)NCc1ccc(F)cc1. The number of aryl methyl sites for hydroxylation is 1. The number of pyridine rings is 1. The number of hydrogen-bond acceptors (Lipinski definition) is 3. The van der Waals surface area contributed by atoms with Crippen LogP contribution < -0.4 is 10.6 Å². The summed E-state index contributed by atoms with van der Waals surface area (Å²) in [6, 6.07) is 11.4. The Morgan fingerprint density at radius 1 is 1.16 bits per heavy atom. The second kappa shape index (κ2) is 7.57. The van der Waals surface area contributed by atoms with E-state index < -0.39 is 0 Å². The Bertz CT molecular complexity index is 846. The van der Waals surface area contributed by atoms with E-state index in [-0.39, 0.29) is 11.8 Å². The van der Waals surface area contributed by atoms with Crippen LogP contribution in [0.4, 0.5) is 9.18 Å². The minimum atomic E-state index is -0.298. The van der Waals surface area contributed by atoms with Crippen molar-refractivity contribution in [1.82, 2.24) is 25.4 Å². The average Bonchev–Trinajstić information content (AvgIpc) is 3.01. The highest BCUT2D eigenvalue weighted by Crippen LogP contribution is 2.17. The topological polar surface area (TPSA) is 71.8 Å². The van der Waals surface area contributed by atoms with Gasteiger partial charge in [-0.3, -0.25) is 9.67 Å². The molecule has 0 saturated heterocycles. The maximum absolute atomic E-state index is 12.8. The molecule has 2 N–H and O–H groups in total. The number of carbonyl (C=O) groups excluding carboxylic acids is 1. The Balaban J connectivity index is 1.53. The van der Waals surface area contributed by atoms with Gasteiger partial charge in [0.15, 0.2) is 0 Å². The summed E-state index contributed by atoms with van der Waals surface area (Å²) in [5, 5.41) is 9.95. The van der Waals surface area contributed by atoms with Gasteiger partial charge in [-0.25, -0.2) is 9.18 Å². The number of urea groups is 1. The predicted octanol–water partition coefficient (Wildman–Crippen LogP) is 2.62. The van der Waals surface area contributed by atoms with Crippen LogP contribution in [-0.4, -0.2) is 20.8 Å². The molecule has 0 atom stereocenters. The summed E-state index contributed by atoms with van der Waals surface area (Å²) in [7, 11) is 1.83. The number of amides is 2. The fourth-order valence-corrected chi connectivity index (χ4v) is 2.34. The molecule has 0 saturated carbocycles. The van der Waals surface area contributed by atoms with Gasteiger partial charge in [-0.15, -0.1) is 0 Å². The molecular weight excluding hydrogens is 321 g/mol. The summed E-state index contributed by atoms with van der Waals surface area (Å²) in [5.41, 5.74) is 3.43. The zero-order valence-electron chi connectivity index (χ0n) is 13.7. The molecule has 0 fully saturated rings. The van der Waals surface area contributed by atoms with E-state index in [0.29, 0.717) is 13.1 Å². The van der Waals surface area contributed by atoms with E-state index in [1.807, 2.05) is 25.2 Å². The molecule has 3 rings (SSSR count). The van der Waals surface area contributed by atoms with Crippen molar-refractivity contribution < 1.29 is 9.18 Å². The highest BCUT2D eigenvalue weighted by molar-refractivity contribution is 5.73. The van der Waals surface area contributed by atoms with Crippen LogP contribution in [-0.2, 0) is 20.1 Å². The molecule has 3 aromatic rings. The standard InChI is InChI=1S/C18H18FN5O/c1-24-16(9-17(23-24)14-3-2-8-20-11-14)12-22-18(25)21-10-13-4-6-15(19)7-5-13/h2-9,11H,10,12H2,1H3,(H2,21,22,25). The van der Waals surface area contributed by atoms with Gasteiger partial charge < -0.3 is 10.6 Å². The highest BCUT2D eigenvalue weighted by atomic mass is 19.1. The van der Waals surface area contributed by atoms with Gasteiger partial charge in [-0.1, -0.05) is 12.1 Å². The molecular formula is C18H18FN5O. The van der Waals surface area contributed by atoms with Crippen molar-refractivity contribution in [2.24, 2.45) is 7.05 Å². The Kier molecular flexibility index (Phi) is 5.03. The van der Waals surface area contributed by atoms with E-state index in [0.717, 1.165) is 22.5 Å². The van der Waals surface area contributed by atoms with Crippen molar-refractivity contribution in [1.29, 1.82) is 0 Å². The fraction of sp³-hybridized carbons (Fsp3) is 0.167. The molecule has 25 heavy (non-hydrogen) atoms. The van der Waals surface area contributed by atoms with Crippen LogP contribution in [0, 0.1) is 5.82 Å². The van der Waals surface area contributed by atoms with Gasteiger partial charge in [-0.2, -0.15) is 5.10 Å². The molecule has 0 unspecified atom stereocenters. The van der Waals surface area contributed by atoms with Crippen molar-refractivity contribution in [2.75, 3.05) is 0 Å². The average molecular weight is 339 g/mol. The zero-order valence-corrected chi connectivity index (χ0v) is 13.7. The number of rotatable bonds is 5. The quantitative estimate of drug-likeness (QED) is 0.750. The first-order chi connectivity index (χ1) is 12.1. The lowest BCUT2D eigenvalue weighted by molar-refractivity contribution is 0.240. The molecule has 0 aliphatic heterocycles. The molecule has 0 bridgehead atoms. The van der Waals surface area contributed by atoms with Crippen LogP contribution in [0.15, 0.2) is 54.9 Å². The normalized spacial score (nSPS) is 10.5. The highest BCUT2D eigenvalue weighted by Gasteiger charge is 2.08. The predicted molar refractivity (Wildman–Crippen MR) is 91.9 cm³/mol. The molecule has 0 aliphatic carbocycles. The number of halogens is 1. The number of hydrogen-bond donors (Lipinski definition) is 2. The largest absolute Gasteiger partial charge is 0.334 e. The molecule has 2 heterocycles. The third-order valence-corrected chi connectivity index (χ3v) is 3.73. The smallest absolute Gasteiger partial charge is 0.315 e. The summed E-state index contributed by atoms with van der Waals surface area (Å²) in [5.74, 6) is -0.297. The summed E-state index contributed by atoms with van der Waals surface area (Å²) in [4.78, 5) is 16.0. The van der Waals surface area contributed by atoms with E-state index in [2.05, 4.69) is 20.7 Å². The van der Waals surface area contributed by atoms with Crippen molar-refractivity contribution in [3.63, 3.8) is 0 Å². The van der Waals surface area contributed by atoms with E-state index in [1.165, 1.54) is 12.1 Å². The second-order valence-corrected chi connectivity index (χ2v) is 5.55. The fourth-order valence-electron chi connectivity index (χ4n) is 2.34. The van der Waals surface area contributed by atoms with Gasteiger partial charge in [-0.05, 0) is 35.9 Å². The number of nitrogens with zero attached hydrogens (tertiary/aromatic N) is 3. The van der Waals surface area contributed by atoms with Crippen molar-refractivity contribution >= 4 is 6.03 Å². The Morgan fingerprint density at radius 3 is 2.64 bits per heavy atom. The van der Waals surface area contributed by atoms with Gasteiger partial charge in [0.2, 0.25) is 0 Å². The molecule has 2 aromatic heterocycles. The van der Waals surface area contributed by atoms with Crippen LogP contribution >= 0.6 is 0 Å². The molecule has 0 radical (unpaired) electrons. The van der Waals surface area contributed by atoms with Crippen LogP contribution in [0.25, 0.3) is 11.3 Å². The third-order valence-electron chi connectivity index (χ3n) is 3.73. The monoisotopic (exact) mass is 339 g/mol. The Labute approximate surface area is 144 Å². The van der Waals surface area contributed by atoms with E-state index in [4.69, 9.17) is 0 Å². The number of carbonyl (C=O) groups is 1. The van der Waals surface area contributed by atoms with E-state index in [9.17, 15) is 9.18 Å². The maximum atomic E-state index is 12.8. The van der Waals surface area contributed by atoms with Crippen LogP contribution in [0.2, 0.25) is 0 Å². The lowest BCUT2D eigenvalue weighted by Crippen LogP contribution is -2.35. The van der Waals surface area contributed by atoms with Crippen molar-refractivity contribution in [3.05, 3.63) is 71.9 Å². The van der Waals surface area contributed by atoms with E-state index >= 15 is 0 Å². The second-order valence-electron chi connectivity index (χ2n) is 5.55. The van der Waals surface area contributed by atoms with Gasteiger partial charge in [0, 0.05) is 31.5 Å². The van der Waals surface area contributed by atoms with Gasteiger partial charge in [0.05, 0.1) is 17.9 Å². The molecule has 2 amide bonds. The summed E-state index contributed by atoms with van der Waals surface area (Å²) >= 11 is 0. The third kappa shape index (κ3) is 4.41. The van der Waals surface area contributed by atoms with E-state index in [1.54, 1.807) is 29.2 Å². The van der Waals surface area contributed by atoms with Gasteiger partial charge >= 0.3 is 6.03 Å². The maximum Gasteiger partial charge on any atom is 0.315 e. The first-order valence-corrected chi connectivity index (χ1v) is 7.81. The molecule has 7 heteroatoms. The Hall–Kier alpha value is -3.22. The number of aromatic nitrogens is 3. The van der Waals surface area contributed by atoms with Crippen LogP contribution in [0.3, 0.4) is 0 Å². The zero-order chi connectivity index (χ0) is 17.6. The minimum absolute atomic E-state index is 0.297. The lowest BCUT2D eigenvalue weighted by atomic mass is 10.2. The number of nitrogens with one attached hydrogen (secondary N) is 2. The molecule has 0 spiro atoms. The molecule has 6 nitrogen and oxygen atoms in total. The van der Waals surface area contributed by atoms with Crippen LogP contribution in [0.1, 0.15) is 11.3 Å². The summed E-state index contributed by atoms with van der Waals surface area (Å²) < 4.78 is 14.6. The lowest BCUT2D eigenvalue weighted by Gasteiger charge is -2.08. The van der Waals surface area contributed by atoms with Gasteiger partial charge in [0.25, 0.3) is 0 Å². The Morgan fingerprint density at radius 2 is 1.92 bits per heavy atom. The summed E-state index contributed by atoms with van der Waals surface area (Å²) in [6.07, 6.45) is 3.45. The van der Waals surface area contributed by atoms with Crippen molar-refractivity contribution in [2.45, 2.75) is 13.1 Å². The molecule has 1 aromatic carbocycles. The first-order valence-electron chi connectivity index (χ1n) is 7.81. The summed E-state index contributed by atoms with van der Waals surface area (Å²) in [6.45, 7) is 0.678. The molecule has 0 aliphatic rings. The minimum Gasteiger partial charge on any atom is -0.334 e.